The Kier molecular flexibility index (Phi) is 4.44. The molecule has 1 rings (SSSR count). The lowest BCUT2D eigenvalue weighted by Gasteiger charge is -2.09. The van der Waals surface area contributed by atoms with E-state index in [0.29, 0.717) is 0 Å². The molecule has 0 fully saturated rings. The number of nitrogens with one attached hydrogen (secondary N) is 1. The quantitative estimate of drug-likeness (QED) is 0.528. The van der Waals surface area contributed by atoms with E-state index in [2.05, 4.69) is 4.72 Å². The molecule has 0 unspecified atom stereocenters. The minimum Gasteiger partial charge on any atom is -0.399 e. The molecule has 0 aromatic heterocycles. The van der Waals surface area contributed by atoms with Gasteiger partial charge in [-0.3, -0.25) is 0 Å². The van der Waals surface area contributed by atoms with E-state index < -0.39 is 20.7 Å². The summed E-state index contributed by atoms with van der Waals surface area (Å²) in [5, 5.41) is 8.55. The van der Waals surface area contributed by atoms with Gasteiger partial charge in [0, 0.05) is 18.8 Å². The van der Waals surface area contributed by atoms with Gasteiger partial charge in [-0.15, -0.1) is 0 Å². The van der Waals surface area contributed by atoms with Gasteiger partial charge in [0.15, 0.2) is 0 Å². The number of nitrogen functional groups attached to an aromatic ring is 1. The maximum Gasteiger partial charge on any atom is 0.243 e. The van der Waals surface area contributed by atoms with E-state index in [-0.39, 0.29) is 30.8 Å². The number of rotatable bonds is 5. The number of nitrogens with two attached hydrogens (primary N) is 1. The van der Waals surface area contributed by atoms with E-state index in [4.69, 9.17) is 10.8 Å². The van der Waals surface area contributed by atoms with Crippen LogP contribution in [0.25, 0.3) is 0 Å². The number of hydrogen-bond acceptors (Lipinski definition) is 4. The van der Waals surface area contributed by atoms with Crippen molar-refractivity contribution >= 4 is 15.7 Å². The summed E-state index contributed by atoms with van der Waals surface area (Å²) in [5.41, 5.74) is 5.84. The standard InChI is InChI=1S/C10H15FN2O3S/c1-7-5-8(12)6-9(10(7)11)17(15,16)13-3-2-4-14/h5-6,13-14H,2-4,12H2,1H3. The summed E-state index contributed by atoms with van der Waals surface area (Å²) in [6, 6.07) is 2.44. The van der Waals surface area contributed by atoms with E-state index in [1.807, 2.05) is 0 Å². The predicted molar refractivity (Wildman–Crippen MR) is 62.4 cm³/mol. The third-order valence-electron chi connectivity index (χ3n) is 2.16. The van der Waals surface area contributed by atoms with E-state index >= 15 is 0 Å². The summed E-state index contributed by atoms with van der Waals surface area (Å²) >= 11 is 0. The zero-order valence-electron chi connectivity index (χ0n) is 9.40. The molecule has 0 aliphatic carbocycles. The van der Waals surface area contributed by atoms with Crippen LogP contribution in [0.3, 0.4) is 0 Å². The van der Waals surface area contributed by atoms with Gasteiger partial charge >= 0.3 is 0 Å². The first-order chi connectivity index (χ1) is 7.88. The van der Waals surface area contributed by atoms with Crippen molar-refractivity contribution in [2.45, 2.75) is 18.2 Å². The average Bonchev–Trinajstić information content (AvgIpc) is 2.23. The molecular formula is C10H15FN2O3S. The van der Waals surface area contributed by atoms with Crippen LogP contribution in [-0.2, 0) is 10.0 Å². The summed E-state index contributed by atoms with van der Waals surface area (Å²) in [5.74, 6) is -0.810. The van der Waals surface area contributed by atoms with E-state index in [1.165, 1.54) is 13.0 Å². The molecule has 0 spiro atoms. The van der Waals surface area contributed by atoms with Gasteiger partial charge in [-0.1, -0.05) is 0 Å². The maximum absolute atomic E-state index is 13.7. The minimum absolute atomic E-state index is 0.0477. The van der Waals surface area contributed by atoms with Crippen LogP contribution in [0.1, 0.15) is 12.0 Å². The van der Waals surface area contributed by atoms with Crippen molar-refractivity contribution in [3.63, 3.8) is 0 Å². The Labute approximate surface area is 99.5 Å². The van der Waals surface area contributed by atoms with Crippen LogP contribution in [0.2, 0.25) is 0 Å². The van der Waals surface area contributed by atoms with Crippen molar-refractivity contribution in [3.05, 3.63) is 23.5 Å². The Morgan fingerprint density at radius 3 is 2.71 bits per heavy atom. The fourth-order valence-corrected chi connectivity index (χ4v) is 2.58. The number of benzene rings is 1. The fourth-order valence-electron chi connectivity index (χ4n) is 1.32. The van der Waals surface area contributed by atoms with Crippen molar-refractivity contribution < 1.29 is 17.9 Å². The molecule has 0 aliphatic heterocycles. The van der Waals surface area contributed by atoms with Crippen molar-refractivity contribution in [3.8, 4) is 0 Å². The van der Waals surface area contributed by atoms with Gasteiger partial charge in [-0.25, -0.2) is 17.5 Å². The molecule has 1 aromatic rings. The Balaban J connectivity index is 3.06. The molecule has 0 heterocycles. The highest BCUT2D eigenvalue weighted by Crippen LogP contribution is 2.21. The van der Waals surface area contributed by atoms with Gasteiger partial charge in [0.1, 0.15) is 10.7 Å². The van der Waals surface area contributed by atoms with Gasteiger partial charge < -0.3 is 10.8 Å². The molecule has 1 aromatic carbocycles. The van der Waals surface area contributed by atoms with Crippen molar-refractivity contribution in [1.29, 1.82) is 0 Å². The second kappa shape index (κ2) is 5.44. The smallest absolute Gasteiger partial charge is 0.243 e. The number of aliphatic hydroxyl groups is 1. The maximum atomic E-state index is 13.7. The molecule has 5 nitrogen and oxygen atoms in total. The van der Waals surface area contributed by atoms with Crippen LogP contribution in [0.5, 0.6) is 0 Å². The number of anilines is 1. The van der Waals surface area contributed by atoms with Crippen LogP contribution in [-0.4, -0.2) is 26.7 Å². The predicted octanol–water partition coefficient (Wildman–Crippen LogP) is 0.377. The lowest BCUT2D eigenvalue weighted by Crippen LogP contribution is -2.26. The number of hydrogen-bond donors (Lipinski definition) is 3. The van der Waals surface area contributed by atoms with Crippen LogP contribution in [0, 0.1) is 12.7 Å². The average molecular weight is 262 g/mol. The number of halogens is 1. The third-order valence-corrected chi connectivity index (χ3v) is 3.62. The molecule has 0 amide bonds. The SMILES string of the molecule is Cc1cc(N)cc(S(=O)(=O)NCCCO)c1F. The molecule has 0 radical (unpaired) electrons. The highest BCUT2D eigenvalue weighted by molar-refractivity contribution is 7.89. The van der Waals surface area contributed by atoms with Gasteiger partial charge in [0.05, 0.1) is 0 Å². The first-order valence-corrected chi connectivity index (χ1v) is 6.53. The summed E-state index contributed by atoms with van der Waals surface area (Å²) in [6.07, 6.45) is 0.266. The number of aryl methyl sites for hydroxylation is 1. The molecule has 0 aliphatic rings. The first kappa shape index (κ1) is 13.9. The second-order valence-electron chi connectivity index (χ2n) is 3.62. The van der Waals surface area contributed by atoms with Crippen molar-refractivity contribution in [2.75, 3.05) is 18.9 Å². The normalized spacial score (nSPS) is 11.7. The van der Waals surface area contributed by atoms with Crippen LogP contribution >= 0.6 is 0 Å². The number of aliphatic hydroxyl groups excluding tert-OH is 1. The van der Waals surface area contributed by atoms with Crippen LogP contribution in [0.15, 0.2) is 17.0 Å². The zero-order chi connectivity index (χ0) is 13.1. The van der Waals surface area contributed by atoms with Gasteiger partial charge in [0.2, 0.25) is 10.0 Å². The van der Waals surface area contributed by atoms with Crippen molar-refractivity contribution in [1.82, 2.24) is 4.72 Å². The van der Waals surface area contributed by atoms with Crippen LogP contribution < -0.4 is 10.5 Å². The monoisotopic (exact) mass is 262 g/mol. The Morgan fingerprint density at radius 2 is 2.12 bits per heavy atom. The first-order valence-electron chi connectivity index (χ1n) is 5.04. The zero-order valence-corrected chi connectivity index (χ0v) is 10.2. The van der Waals surface area contributed by atoms with E-state index in [9.17, 15) is 12.8 Å². The largest absolute Gasteiger partial charge is 0.399 e. The summed E-state index contributed by atoms with van der Waals surface area (Å²) in [4.78, 5) is -0.465. The molecule has 0 bridgehead atoms. The Hall–Kier alpha value is -1.18. The third kappa shape index (κ3) is 3.39. The summed E-state index contributed by atoms with van der Waals surface area (Å²) < 4.78 is 39.3. The Morgan fingerprint density at radius 1 is 1.47 bits per heavy atom. The van der Waals surface area contributed by atoms with Crippen molar-refractivity contribution in [2.24, 2.45) is 0 Å². The summed E-state index contributed by atoms with van der Waals surface area (Å²) in [7, 11) is -3.92. The Bertz CT molecular complexity index is 503. The molecule has 17 heavy (non-hydrogen) atoms. The molecule has 0 saturated heterocycles. The fraction of sp³-hybridized carbons (Fsp3) is 0.400. The lowest BCUT2D eigenvalue weighted by atomic mass is 10.2. The van der Waals surface area contributed by atoms with Gasteiger partial charge in [-0.2, -0.15) is 0 Å². The van der Waals surface area contributed by atoms with Gasteiger partial charge in [0.25, 0.3) is 0 Å². The van der Waals surface area contributed by atoms with Crippen LogP contribution in [0.4, 0.5) is 10.1 Å². The highest BCUT2D eigenvalue weighted by atomic mass is 32.2. The van der Waals surface area contributed by atoms with Gasteiger partial charge in [-0.05, 0) is 31.0 Å². The second-order valence-corrected chi connectivity index (χ2v) is 5.36. The molecule has 0 atom stereocenters. The van der Waals surface area contributed by atoms with E-state index in [1.54, 1.807) is 0 Å². The minimum atomic E-state index is -3.92. The lowest BCUT2D eigenvalue weighted by molar-refractivity contribution is 0.289. The molecular weight excluding hydrogens is 247 g/mol. The summed E-state index contributed by atoms with van der Waals surface area (Å²) in [6.45, 7) is 1.35. The number of sulfonamides is 1. The van der Waals surface area contributed by atoms with E-state index in [0.717, 1.165) is 6.07 Å². The topological polar surface area (TPSA) is 92.4 Å². The molecule has 96 valence electrons. The molecule has 0 saturated carbocycles. The molecule has 7 heteroatoms. The highest BCUT2D eigenvalue weighted by Gasteiger charge is 2.20. The molecule has 4 N–H and O–H groups in total.